The first-order valence-corrected chi connectivity index (χ1v) is 5.58. The van der Waals surface area contributed by atoms with E-state index >= 15 is 0 Å². The van der Waals surface area contributed by atoms with Crippen molar-refractivity contribution in [2.24, 2.45) is 15.9 Å². The summed E-state index contributed by atoms with van der Waals surface area (Å²) in [4.78, 5) is 0. The quantitative estimate of drug-likeness (QED) is 0.292. The third kappa shape index (κ3) is 5.08. The molecule has 0 aliphatic carbocycles. The Kier molecular flexibility index (Phi) is 3.97. The molecule has 0 radical (unpaired) electrons. The molecule has 0 saturated carbocycles. The van der Waals surface area contributed by atoms with E-state index in [2.05, 4.69) is 10.2 Å². The Hall–Kier alpha value is -1.93. The van der Waals surface area contributed by atoms with E-state index in [9.17, 15) is 8.42 Å². The SMILES string of the molecule is NC(=NN=Cc1ccccc1)NS(=O)(=O)O. The van der Waals surface area contributed by atoms with Gasteiger partial charge in [0.25, 0.3) is 0 Å². The molecule has 16 heavy (non-hydrogen) atoms. The molecular weight excluding hydrogens is 232 g/mol. The highest BCUT2D eigenvalue weighted by Crippen LogP contribution is 1.93. The summed E-state index contributed by atoms with van der Waals surface area (Å²) in [6, 6.07) is 9.03. The second-order valence-electron chi connectivity index (χ2n) is 2.72. The van der Waals surface area contributed by atoms with E-state index in [4.69, 9.17) is 10.3 Å². The van der Waals surface area contributed by atoms with E-state index in [0.29, 0.717) is 0 Å². The first-order valence-electron chi connectivity index (χ1n) is 4.14. The lowest BCUT2D eigenvalue weighted by molar-refractivity contribution is 0.478. The standard InChI is InChI=1S/C8H10N4O3S/c9-8(12-16(13,14)15)11-10-6-7-4-2-1-3-5-7/h1-6H,(H3,9,11,12)(H,13,14,15). The van der Waals surface area contributed by atoms with Gasteiger partial charge in [-0.15, -0.1) is 5.10 Å². The molecule has 1 aromatic rings. The maximum Gasteiger partial charge on any atom is 0.359 e. The van der Waals surface area contributed by atoms with Gasteiger partial charge in [-0.2, -0.15) is 13.5 Å². The normalized spacial score (nSPS) is 12.9. The minimum absolute atomic E-state index is 0.519. The van der Waals surface area contributed by atoms with E-state index < -0.39 is 16.3 Å². The summed E-state index contributed by atoms with van der Waals surface area (Å²) in [5.74, 6) is -0.519. The van der Waals surface area contributed by atoms with Crippen molar-refractivity contribution in [3.05, 3.63) is 35.9 Å². The van der Waals surface area contributed by atoms with Crippen LogP contribution >= 0.6 is 0 Å². The zero-order valence-electron chi connectivity index (χ0n) is 8.11. The zero-order chi connectivity index (χ0) is 12.0. The second kappa shape index (κ2) is 5.24. The van der Waals surface area contributed by atoms with Crippen molar-refractivity contribution in [1.82, 2.24) is 4.72 Å². The number of hydrogen-bond donors (Lipinski definition) is 3. The molecule has 0 saturated heterocycles. The highest BCUT2D eigenvalue weighted by Gasteiger charge is 2.03. The molecule has 0 aliphatic heterocycles. The first kappa shape index (κ1) is 12.1. The average molecular weight is 242 g/mol. The highest BCUT2D eigenvalue weighted by atomic mass is 32.2. The Balaban J connectivity index is 2.63. The third-order valence-corrected chi connectivity index (χ3v) is 1.87. The largest absolute Gasteiger partial charge is 0.367 e. The number of hydrogen-bond acceptors (Lipinski definition) is 4. The van der Waals surface area contributed by atoms with Crippen LogP contribution in [-0.4, -0.2) is 25.1 Å². The van der Waals surface area contributed by atoms with Crippen LogP contribution in [0.5, 0.6) is 0 Å². The van der Waals surface area contributed by atoms with Crippen molar-refractivity contribution in [3.8, 4) is 0 Å². The van der Waals surface area contributed by atoms with Gasteiger partial charge in [0.1, 0.15) is 0 Å². The Morgan fingerprint density at radius 1 is 1.38 bits per heavy atom. The van der Waals surface area contributed by atoms with Gasteiger partial charge in [-0.3, -0.25) is 4.55 Å². The number of benzene rings is 1. The maximum atomic E-state index is 10.3. The summed E-state index contributed by atoms with van der Waals surface area (Å²) in [5.41, 5.74) is 5.89. The van der Waals surface area contributed by atoms with Crippen molar-refractivity contribution >= 4 is 22.5 Å². The van der Waals surface area contributed by atoms with Gasteiger partial charge < -0.3 is 5.73 Å². The summed E-state index contributed by atoms with van der Waals surface area (Å²) in [6.45, 7) is 0. The van der Waals surface area contributed by atoms with Crippen LogP contribution in [0.25, 0.3) is 0 Å². The van der Waals surface area contributed by atoms with Gasteiger partial charge in [0.2, 0.25) is 5.96 Å². The lowest BCUT2D eigenvalue weighted by atomic mass is 10.2. The molecule has 7 nitrogen and oxygen atoms in total. The van der Waals surface area contributed by atoms with Crippen molar-refractivity contribution in [2.75, 3.05) is 0 Å². The summed E-state index contributed by atoms with van der Waals surface area (Å²) >= 11 is 0. The van der Waals surface area contributed by atoms with Crippen LogP contribution in [0.4, 0.5) is 0 Å². The van der Waals surface area contributed by atoms with Gasteiger partial charge in [0.15, 0.2) is 0 Å². The van der Waals surface area contributed by atoms with Crippen molar-refractivity contribution in [3.63, 3.8) is 0 Å². The third-order valence-electron chi connectivity index (χ3n) is 1.41. The predicted molar refractivity (Wildman–Crippen MR) is 60.3 cm³/mol. The number of nitrogens with two attached hydrogens (primary N) is 1. The van der Waals surface area contributed by atoms with E-state index in [0.717, 1.165) is 5.56 Å². The molecular formula is C8H10N4O3S. The lowest BCUT2D eigenvalue weighted by Crippen LogP contribution is -2.35. The fourth-order valence-corrected chi connectivity index (χ4v) is 1.15. The molecule has 0 aliphatic rings. The van der Waals surface area contributed by atoms with Crippen LogP contribution in [0, 0.1) is 0 Å². The van der Waals surface area contributed by atoms with Crippen LogP contribution in [0.3, 0.4) is 0 Å². The molecule has 8 heteroatoms. The van der Waals surface area contributed by atoms with Crippen molar-refractivity contribution < 1.29 is 13.0 Å². The Bertz CT molecular complexity index is 495. The van der Waals surface area contributed by atoms with Crippen molar-refractivity contribution in [1.29, 1.82) is 0 Å². The molecule has 0 aromatic heterocycles. The van der Waals surface area contributed by atoms with E-state index in [-0.39, 0.29) is 0 Å². The Morgan fingerprint density at radius 2 is 2.00 bits per heavy atom. The molecule has 0 spiro atoms. The summed E-state index contributed by atoms with van der Waals surface area (Å²) < 4.78 is 30.5. The fraction of sp³-hybridized carbons (Fsp3) is 0. The highest BCUT2D eigenvalue weighted by molar-refractivity contribution is 7.84. The van der Waals surface area contributed by atoms with Crippen LogP contribution in [0.15, 0.2) is 40.5 Å². The minimum Gasteiger partial charge on any atom is -0.367 e. The number of nitrogens with zero attached hydrogens (tertiary/aromatic N) is 2. The van der Waals surface area contributed by atoms with Crippen LogP contribution < -0.4 is 10.5 Å². The number of nitrogens with one attached hydrogen (secondary N) is 1. The van der Waals surface area contributed by atoms with Crippen LogP contribution in [0.2, 0.25) is 0 Å². The summed E-state index contributed by atoms with van der Waals surface area (Å²) in [6.07, 6.45) is 1.39. The van der Waals surface area contributed by atoms with Crippen molar-refractivity contribution in [2.45, 2.75) is 0 Å². The zero-order valence-corrected chi connectivity index (χ0v) is 8.92. The van der Waals surface area contributed by atoms with E-state index in [1.54, 1.807) is 16.9 Å². The van der Waals surface area contributed by atoms with E-state index in [1.165, 1.54) is 6.21 Å². The molecule has 1 rings (SSSR count). The number of rotatable bonds is 3. The summed E-state index contributed by atoms with van der Waals surface area (Å²) in [7, 11) is -4.40. The molecule has 0 atom stereocenters. The summed E-state index contributed by atoms with van der Waals surface area (Å²) in [5, 5.41) is 6.84. The first-order chi connectivity index (χ1) is 7.47. The van der Waals surface area contributed by atoms with Gasteiger partial charge in [-0.1, -0.05) is 30.3 Å². The molecule has 0 amide bonds. The average Bonchev–Trinajstić information content (AvgIpc) is 2.16. The molecule has 0 bridgehead atoms. The predicted octanol–water partition coefficient (Wildman–Crippen LogP) is -0.272. The monoisotopic (exact) mass is 242 g/mol. The molecule has 86 valence electrons. The van der Waals surface area contributed by atoms with Crippen LogP contribution in [0.1, 0.15) is 5.56 Å². The second-order valence-corrected chi connectivity index (χ2v) is 3.87. The molecule has 0 fully saturated rings. The molecule has 1 aromatic carbocycles. The van der Waals surface area contributed by atoms with Gasteiger partial charge >= 0.3 is 10.3 Å². The van der Waals surface area contributed by atoms with E-state index in [1.807, 2.05) is 18.2 Å². The molecule has 4 N–H and O–H groups in total. The van der Waals surface area contributed by atoms with Gasteiger partial charge in [-0.25, -0.2) is 4.72 Å². The van der Waals surface area contributed by atoms with Gasteiger partial charge in [-0.05, 0) is 5.56 Å². The molecule has 0 unspecified atom stereocenters. The maximum absolute atomic E-state index is 10.3. The smallest absolute Gasteiger partial charge is 0.359 e. The Labute approximate surface area is 92.6 Å². The topological polar surface area (TPSA) is 117 Å². The molecule has 0 heterocycles. The lowest BCUT2D eigenvalue weighted by Gasteiger charge is -1.97. The van der Waals surface area contributed by atoms with Crippen LogP contribution in [-0.2, 0) is 10.3 Å². The van der Waals surface area contributed by atoms with Gasteiger partial charge in [0.05, 0.1) is 6.21 Å². The minimum atomic E-state index is -4.40. The van der Waals surface area contributed by atoms with Gasteiger partial charge in [0, 0.05) is 0 Å². The Morgan fingerprint density at radius 3 is 2.56 bits per heavy atom. The number of guanidine groups is 1. The fourth-order valence-electron chi connectivity index (χ4n) is 0.849.